The summed E-state index contributed by atoms with van der Waals surface area (Å²) >= 11 is 12.0. The number of benzene rings is 1. The molecule has 1 atom stereocenters. The van der Waals surface area contributed by atoms with Crippen LogP contribution in [0.1, 0.15) is 25.5 Å². The lowest BCUT2D eigenvalue weighted by atomic mass is 10.1. The molecule has 0 saturated carbocycles. The zero-order chi connectivity index (χ0) is 21.0. The van der Waals surface area contributed by atoms with Gasteiger partial charge < -0.3 is 15.0 Å². The van der Waals surface area contributed by atoms with E-state index in [0.29, 0.717) is 21.6 Å². The van der Waals surface area contributed by atoms with Gasteiger partial charge in [0, 0.05) is 37.1 Å². The first-order chi connectivity index (χ1) is 13.9. The minimum absolute atomic E-state index is 0.169. The van der Waals surface area contributed by atoms with Crippen LogP contribution >= 0.6 is 23.2 Å². The normalized spacial score (nSPS) is 17.1. The van der Waals surface area contributed by atoms with Crippen LogP contribution in [-0.2, 0) is 0 Å². The van der Waals surface area contributed by atoms with Crippen LogP contribution in [0.15, 0.2) is 30.3 Å². The van der Waals surface area contributed by atoms with Crippen molar-refractivity contribution in [2.24, 2.45) is 0 Å². The Kier molecular flexibility index (Phi) is 7.22. The maximum absolute atomic E-state index is 8.39. The monoisotopic (exact) mass is 435 g/mol. The molecule has 2 aromatic rings. The Morgan fingerprint density at radius 3 is 2.83 bits per heavy atom. The molecule has 1 aliphatic rings. The molecule has 6 nitrogen and oxygen atoms in total. The number of aromatic nitrogens is 1. The van der Waals surface area contributed by atoms with E-state index in [1.165, 1.54) is 0 Å². The average Bonchev–Trinajstić information content (AvgIpc) is 2.69. The van der Waals surface area contributed by atoms with Crippen LogP contribution in [-0.4, -0.2) is 48.6 Å². The van der Waals surface area contributed by atoms with Crippen LogP contribution in [0.5, 0.6) is 5.75 Å². The fraction of sp³-hybridized carbons (Fsp3) is 0.429. The molecule has 29 heavy (non-hydrogen) atoms. The molecule has 2 heterocycles. The van der Waals surface area contributed by atoms with Crippen molar-refractivity contribution in [3.63, 3.8) is 0 Å². The van der Waals surface area contributed by atoms with E-state index in [9.17, 15) is 0 Å². The third-order valence-corrected chi connectivity index (χ3v) is 5.73. The second-order valence-corrected chi connectivity index (χ2v) is 8.05. The van der Waals surface area contributed by atoms with Crippen molar-refractivity contribution in [1.29, 1.82) is 5.41 Å². The lowest BCUT2D eigenvalue weighted by Crippen LogP contribution is -2.40. The number of nitrogens with one attached hydrogen (secondary N) is 2. The van der Waals surface area contributed by atoms with E-state index in [1.54, 1.807) is 30.1 Å². The predicted octanol–water partition coefficient (Wildman–Crippen LogP) is 5.04. The van der Waals surface area contributed by atoms with Crippen molar-refractivity contribution in [2.45, 2.75) is 32.8 Å². The van der Waals surface area contributed by atoms with Crippen LogP contribution in [0.3, 0.4) is 0 Å². The fourth-order valence-electron chi connectivity index (χ4n) is 3.36. The zero-order valence-corrected chi connectivity index (χ0v) is 18.5. The van der Waals surface area contributed by atoms with E-state index < -0.39 is 0 Å². The van der Waals surface area contributed by atoms with E-state index in [0.717, 1.165) is 43.9 Å². The summed E-state index contributed by atoms with van der Waals surface area (Å²) < 4.78 is 6.25. The van der Waals surface area contributed by atoms with Gasteiger partial charge in [-0.3, -0.25) is 10.3 Å². The number of rotatable bonds is 5. The van der Waals surface area contributed by atoms with E-state index in [-0.39, 0.29) is 12.1 Å². The molecule has 2 N–H and O–H groups in total. The van der Waals surface area contributed by atoms with Gasteiger partial charge in [0.2, 0.25) is 5.96 Å². The molecule has 1 unspecified atom stereocenters. The number of likely N-dealkylation sites (tertiary alicyclic amines) is 1. The summed E-state index contributed by atoms with van der Waals surface area (Å²) in [5.41, 5.74) is 1.53. The second-order valence-electron chi connectivity index (χ2n) is 7.24. The molecule has 156 valence electrons. The number of halogens is 2. The SMILES string of the molecule is CCN1CCCC(Oc2cc(C)nc(N(C)C(=N)Nc3ccc(Cl)c(Cl)c3)c2)C1. The van der Waals surface area contributed by atoms with Crippen LogP contribution in [0.2, 0.25) is 10.0 Å². The van der Waals surface area contributed by atoms with Crippen LogP contribution in [0.25, 0.3) is 0 Å². The summed E-state index contributed by atoms with van der Waals surface area (Å²) in [6, 6.07) is 8.98. The number of piperidine rings is 1. The van der Waals surface area contributed by atoms with Crippen molar-refractivity contribution in [3.8, 4) is 5.75 Å². The number of anilines is 2. The fourth-order valence-corrected chi connectivity index (χ4v) is 3.66. The highest BCUT2D eigenvalue weighted by molar-refractivity contribution is 6.42. The van der Waals surface area contributed by atoms with Crippen LogP contribution in [0.4, 0.5) is 11.5 Å². The number of ether oxygens (including phenoxy) is 1. The van der Waals surface area contributed by atoms with Crippen molar-refractivity contribution >= 4 is 40.7 Å². The minimum Gasteiger partial charge on any atom is -0.489 e. The number of guanidine groups is 1. The summed E-state index contributed by atoms with van der Waals surface area (Å²) in [5, 5.41) is 12.3. The van der Waals surface area contributed by atoms with Gasteiger partial charge in [-0.2, -0.15) is 0 Å². The summed E-state index contributed by atoms with van der Waals surface area (Å²) in [7, 11) is 1.79. The molecule has 8 heteroatoms. The Hall–Kier alpha value is -2.02. The molecular formula is C21H27Cl2N5O. The second kappa shape index (κ2) is 9.65. The van der Waals surface area contributed by atoms with E-state index in [4.69, 9.17) is 33.3 Å². The molecular weight excluding hydrogens is 409 g/mol. The number of aryl methyl sites for hydroxylation is 1. The number of pyridine rings is 1. The molecule has 0 aliphatic carbocycles. The number of hydrogen-bond acceptors (Lipinski definition) is 4. The van der Waals surface area contributed by atoms with Crippen molar-refractivity contribution in [2.75, 3.05) is 36.9 Å². The van der Waals surface area contributed by atoms with E-state index in [1.807, 2.05) is 19.1 Å². The highest BCUT2D eigenvalue weighted by Gasteiger charge is 2.21. The zero-order valence-electron chi connectivity index (χ0n) is 17.0. The molecule has 1 saturated heterocycles. The largest absolute Gasteiger partial charge is 0.489 e. The van der Waals surface area contributed by atoms with Crippen LogP contribution in [0, 0.1) is 12.3 Å². The predicted molar refractivity (Wildman–Crippen MR) is 121 cm³/mol. The minimum atomic E-state index is 0.169. The van der Waals surface area contributed by atoms with Gasteiger partial charge in [-0.1, -0.05) is 30.1 Å². The van der Waals surface area contributed by atoms with E-state index in [2.05, 4.69) is 22.1 Å². The number of hydrogen-bond donors (Lipinski definition) is 2. The van der Waals surface area contributed by atoms with Gasteiger partial charge in [-0.25, -0.2) is 4.98 Å². The van der Waals surface area contributed by atoms with Crippen LogP contribution < -0.4 is 15.0 Å². The van der Waals surface area contributed by atoms with Gasteiger partial charge in [0.15, 0.2) is 0 Å². The Bertz CT molecular complexity index is 876. The molecule has 1 aromatic carbocycles. The molecule has 0 amide bonds. The van der Waals surface area contributed by atoms with Gasteiger partial charge in [0.1, 0.15) is 17.7 Å². The Labute approximate surface area is 182 Å². The average molecular weight is 436 g/mol. The van der Waals surface area contributed by atoms with Crippen molar-refractivity contribution < 1.29 is 4.74 Å². The first-order valence-electron chi connectivity index (χ1n) is 9.77. The summed E-state index contributed by atoms with van der Waals surface area (Å²) in [4.78, 5) is 8.64. The van der Waals surface area contributed by atoms with E-state index >= 15 is 0 Å². The molecule has 0 spiro atoms. The number of likely N-dealkylation sites (N-methyl/N-ethyl adjacent to an activating group) is 1. The molecule has 1 aromatic heterocycles. The highest BCUT2D eigenvalue weighted by atomic mass is 35.5. The topological polar surface area (TPSA) is 64.5 Å². The third kappa shape index (κ3) is 5.75. The molecule has 1 fully saturated rings. The first kappa shape index (κ1) is 21.7. The van der Waals surface area contributed by atoms with Gasteiger partial charge >= 0.3 is 0 Å². The Balaban J connectivity index is 1.70. The molecule has 1 aliphatic heterocycles. The highest BCUT2D eigenvalue weighted by Crippen LogP contribution is 2.26. The quantitative estimate of drug-likeness (QED) is 0.508. The molecule has 0 bridgehead atoms. The smallest absolute Gasteiger partial charge is 0.201 e. The maximum atomic E-state index is 8.39. The van der Waals surface area contributed by atoms with Crippen molar-refractivity contribution in [1.82, 2.24) is 9.88 Å². The summed E-state index contributed by atoms with van der Waals surface area (Å²) in [5.74, 6) is 1.59. The molecule has 0 radical (unpaired) electrons. The maximum Gasteiger partial charge on any atom is 0.201 e. The number of nitrogens with zero attached hydrogens (tertiary/aromatic N) is 3. The summed E-state index contributed by atoms with van der Waals surface area (Å²) in [6.45, 7) is 7.23. The molecule has 3 rings (SSSR count). The van der Waals surface area contributed by atoms with Crippen molar-refractivity contribution in [3.05, 3.63) is 46.1 Å². The first-order valence-corrected chi connectivity index (χ1v) is 10.5. The lowest BCUT2D eigenvalue weighted by molar-refractivity contribution is 0.0919. The Morgan fingerprint density at radius 1 is 1.31 bits per heavy atom. The Morgan fingerprint density at radius 2 is 2.10 bits per heavy atom. The summed E-state index contributed by atoms with van der Waals surface area (Å²) in [6.07, 6.45) is 2.38. The lowest BCUT2D eigenvalue weighted by Gasteiger charge is -2.32. The van der Waals surface area contributed by atoms with Gasteiger partial charge in [0.25, 0.3) is 0 Å². The standard InChI is InChI=1S/C21H27Cl2N5O/c1-4-28-9-5-6-16(13-28)29-17-10-14(2)25-20(12-17)27(3)21(24)26-15-7-8-18(22)19(23)11-15/h7-8,10-12,16H,4-6,9,13H2,1-3H3,(H2,24,26). The third-order valence-electron chi connectivity index (χ3n) is 4.99. The van der Waals surface area contributed by atoms with Gasteiger partial charge in [-0.05, 0) is 51.1 Å². The van der Waals surface area contributed by atoms with Gasteiger partial charge in [-0.15, -0.1) is 0 Å². The van der Waals surface area contributed by atoms with Gasteiger partial charge in [0.05, 0.1) is 10.0 Å².